The molecule has 0 saturated carbocycles. The van der Waals surface area contributed by atoms with E-state index in [0.29, 0.717) is 13.2 Å². The molecule has 0 amide bonds. The predicted molar refractivity (Wildman–Crippen MR) is 116 cm³/mol. The maximum absolute atomic E-state index is 13.2. The lowest BCUT2D eigenvalue weighted by molar-refractivity contribution is 0.0987. The van der Waals surface area contributed by atoms with Crippen LogP contribution in [0.4, 0.5) is 0 Å². The van der Waals surface area contributed by atoms with Crippen LogP contribution in [0.1, 0.15) is 111 Å². The highest BCUT2D eigenvalue weighted by Gasteiger charge is 2.22. The summed E-state index contributed by atoms with van der Waals surface area (Å²) in [6.07, 6.45) is 18.6. The number of rotatable bonds is 21. The van der Waals surface area contributed by atoms with Gasteiger partial charge in [0.15, 0.2) is 0 Å². The van der Waals surface area contributed by atoms with Crippen molar-refractivity contribution in [2.24, 2.45) is 0 Å². The monoisotopic (exact) mass is 390 g/mol. The Morgan fingerprint density at radius 2 is 1.00 bits per heavy atom. The molecule has 0 radical (unpaired) electrons. The van der Waals surface area contributed by atoms with Crippen LogP contribution in [0.3, 0.4) is 0 Å². The Hall–Kier alpha value is 0.150. The van der Waals surface area contributed by atoms with E-state index in [4.69, 9.17) is 9.26 Å². The number of ether oxygens (including phenoxy) is 1. The average Bonchev–Trinajstić information content (AvgIpc) is 2.64. The van der Waals surface area contributed by atoms with Crippen molar-refractivity contribution in [1.82, 2.24) is 0 Å². The Morgan fingerprint density at radius 1 is 0.538 bits per heavy atom. The minimum absolute atomic E-state index is 0.493. The number of unbranched alkanes of at least 4 members (excludes halogenated alkanes) is 11. The average molecular weight is 391 g/mol. The van der Waals surface area contributed by atoms with Gasteiger partial charge in [0, 0.05) is 18.9 Å². The fourth-order valence-corrected chi connectivity index (χ4v) is 5.42. The van der Waals surface area contributed by atoms with E-state index in [1.807, 2.05) is 0 Å². The normalized spacial score (nSPS) is 12.0. The van der Waals surface area contributed by atoms with Crippen LogP contribution >= 0.6 is 7.37 Å². The summed E-state index contributed by atoms with van der Waals surface area (Å²) in [5.41, 5.74) is 0. The molecule has 0 saturated heterocycles. The van der Waals surface area contributed by atoms with E-state index in [1.165, 1.54) is 64.2 Å². The smallest absolute Gasteiger partial charge is 0.203 e. The van der Waals surface area contributed by atoms with Gasteiger partial charge in [-0.05, 0) is 19.3 Å². The summed E-state index contributed by atoms with van der Waals surface area (Å²) >= 11 is 0. The second-order valence-electron chi connectivity index (χ2n) is 7.60. The summed E-state index contributed by atoms with van der Waals surface area (Å²) in [7, 11) is -2.47. The van der Waals surface area contributed by atoms with Crippen LogP contribution in [0.2, 0.25) is 0 Å². The maximum Gasteiger partial charge on any atom is 0.203 e. The van der Waals surface area contributed by atoms with E-state index >= 15 is 0 Å². The Bertz CT molecular complexity index is 273. The topological polar surface area (TPSA) is 35.5 Å². The molecule has 0 aliphatic carbocycles. The van der Waals surface area contributed by atoms with Gasteiger partial charge in [0.1, 0.15) is 0 Å². The Kier molecular flexibility index (Phi) is 20.0. The van der Waals surface area contributed by atoms with Crippen LogP contribution < -0.4 is 0 Å². The van der Waals surface area contributed by atoms with Crippen molar-refractivity contribution < 1.29 is 13.8 Å². The molecule has 0 rings (SSSR count). The van der Waals surface area contributed by atoms with E-state index < -0.39 is 7.37 Å². The lowest BCUT2D eigenvalue weighted by Crippen LogP contribution is -2.08. The first-order valence-electron chi connectivity index (χ1n) is 11.5. The van der Waals surface area contributed by atoms with Crippen LogP contribution in [0, 0.1) is 0 Å². The summed E-state index contributed by atoms with van der Waals surface area (Å²) in [5, 5.41) is 0. The maximum atomic E-state index is 13.2. The molecular formula is C22H47O3P. The highest BCUT2D eigenvalue weighted by Crippen LogP contribution is 2.48. The first-order chi connectivity index (χ1) is 12.7. The molecule has 158 valence electrons. The lowest BCUT2D eigenvalue weighted by Gasteiger charge is -2.19. The first kappa shape index (κ1) is 26.1. The van der Waals surface area contributed by atoms with Crippen molar-refractivity contribution >= 4 is 7.37 Å². The van der Waals surface area contributed by atoms with Crippen molar-refractivity contribution in [3.63, 3.8) is 0 Å². The third-order valence-corrected chi connectivity index (χ3v) is 7.55. The van der Waals surface area contributed by atoms with Gasteiger partial charge in [-0.25, -0.2) is 0 Å². The molecule has 0 aromatic rings. The van der Waals surface area contributed by atoms with E-state index in [0.717, 1.165) is 44.6 Å². The second kappa shape index (κ2) is 19.9. The van der Waals surface area contributed by atoms with Crippen LogP contribution in [0.25, 0.3) is 0 Å². The molecule has 0 fully saturated rings. The van der Waals surface area contributed by atoms with Crippen LogP contribution in [0.15, 0.2) is 0 Å². The molecule has 0 bridgehead atoms. The van der Waals surface area contributed by atoms with Gasteiger partial charge in [0.05, 0.1) is 13.2 Å². The van der Waals surface area contributed by atoms with Crippen LogP contribution in [-0.2, 0) is 13.8 Å². The third-order valence-electron chi connectivity index (χ3n) is 4.90. The summed E-state index contributed by atoms with van der Waals surface area (Å²) < 4.78 is 24.7. The van der Waals surface area contributed by atoms with E-state index in [9.17, 15) is 4.57 Å². The zero-order chi connectivity index (χ0) is 19.3. The van der Waals surface area contributed by atoms with Gasteiger partial charge in [-0.15, -0.1) is 0 Å². The summed E-state index contributed by atoms with van der Waals surface area (Å²) in [6, 6.07) is 0. The van der Waals surface area contributed by atoms with E-state index in [-0.39, 0.29) is 0 Å². The molecule has 0 aliphatic heterocycles. The first-order valence-corrected chi connectivity index (χ1v) is 13.5. The van der Waals surface area contributed by atoms with Crippen molar-refractivity contribution in [1.29, 1.82) is 0 Å². The Morgan fingerprint density at radius 3 is 1.50 bits per heavy atom. The van der Waals surface area contributed by atoms with Crippen molar-refractivity contribution in [2.75, 3.05) is 32.1 Å². The molecule has 0 atom stereocenters. The molecular weight excluding hydrogens is 343 g/mol. The molecule has 0 N–H and O–H groups in total. The lowest BCUT2D eigenvalue weighted by atomic mass is 10.1. The molecule has 0 heterocycles. The van der Waals surface area contributed by atoms with Gasteiger partial charge >= 0.3 is 0 Å². The zero-order valence-electron chi connectivity index (χ0n) is 18.1. The van der Waals surface area contributed by atoms with Crippen LogP contribution in [-0.4, -0.2) is 32.1 Å². The molecule has 0 aromatic heterocycles. The summed E-state index contributed by atoms with van der Waals surface area (Å²) in [6.45, 7) is 8.51. The molecule has 0 aliphatic rings. The Balaban J connectivity index is 4.04. The fraction of sp³-hybridized carbons (Fsp3) is 1.00. The highest BCUT2D eigenvalue weighted by molar-refractivity contribution is 7.58. The largest absolute Gasteiger partial charge is 0.379 e. The van der Waals surface area contributed by atoms with E-state index in [1.54, 1.807) is 0 Å². The molecule has 3 nitrogen and oxygen atoms in total. The quantitative estimate of drug-likeness (QED) is 0.148. The predicted octanol–water partition coefficient (Wildman–Crippen LogP) is 7.82. The zero-order valence-corrected chi connectivity index (χ0v) is 19.0. The highest BCUT2D eigenvalue weighted by atomic mass is 31.2. The van der Waals surface area contributed by atoms with E-state index in [2.05, 4.69) is 20.8 Å². The molecule has 0 unspecified atom stereocenters. The van der Waals surface area contributed by atoms with Crippen LogP contribution in [0.5, 0.6) is 0 Å². The summed E-state index contributed by atoms with van der Waals surface area (Å²) in [4.78, 5) is 0. The van der Waals surface area contributed by atoms with Crippen molar-refractivity contribution in [2.45, 2.75) is 111 Å². The van der Waals surface area contributed by atoms with Crippen molar-refractivity contribution in [3.05, 3.63) is 0 Å². The summed E-state index contributed by atoms with van der Waals surface area (Å²) in [5.74, 6) is 0. The SMILES string of the molecule is CCCCCCCCP(=O)(CCCCCCCC)OCCOCCCC. The fourth-order valence-electron chi connectivity index (χ4n) is 3.12. The van der Waals surface area contributed by atoms with Gasteiger partial charge in [0.2, 0.25) is 7.37 Å². The minimum atomic E-state index is -2.47. The van der Waals surface area contributed by atoms with Crippen molar-refractivity contribution in [3.8, 4) is 0 Å². The molecule has 0 spiro atoms. The second-order valence-corrected chi connectivity index (χ2v) is 10.4. The van der Waals surface area contributed by atoms with Gasteiger partial charge < -0.3 is 9.26 Å². The van der Waals surface area contributed by atoms with Gasteiger partial charge in [-0.3, -0.25) is 4.57 Å². The minimum Gasteiger partial charge on any atom is -0.379 e. The standard InChI is InChI=1S/C22H47O3P/c1-4-7-10-12-14-16-21-26(23,22-17-15-13-11-8-5-2)25-20-19-24-18-9-6-3/h4-22H2,1-3H3. The van der Waals surface area contributed by atoms with Gasteiger partial charge in [-0.2, -0.15) is 0 Å². The molecule has 0 aromatic carbocycles. The van der Waals surface area contributed by atoms with Gasteiger partial charge in [0.25, 0.3) is 0 Å². The molecule has 4 heteroatoms. The molecule has 26 heavy (non-hydrogen) atoms. The Labute approximate surface area is 164 Å². The number of hydrogen-bond donors (Lipinski definition) is 0. The number of hydrogen-bond acceptors (Lipinski definition) is 3. The van der Waals surface area contributed by atoms with Gasteiger partial charge in [-0.1, -0.05) is 91.4 Å². The third kappa shape index (κ3) is 17.6.